The molecular weight excluding hydrogens is 317 g/mol. The molecular formula is C10H10BrF3N2S. The van der Waals surface area contributed by atoms with E-state index in [0.29, 0.717) is 15.7 Å². The van der Waals surface area contributed by atoms with Gasteiger partial charge in [0.05, 0.1) is 6.42 Å². The Bertz CT molecular complexity index is 421. The minimum absolute atomic E-state index is 0.172. The van der Waals surface area contributed by atoms with Crippen LogP contribution in [0.15, 0.2) is 22.7 Å². The van der Waals surface area contributed by atoms with E-state index < -0.39 is 12.6 Å². The van der Waals surface area contributed by atoms with Gasteiger partial charge in [-0.3, -0.25) is 0 Å². The van der Waals surface area contributed by atoms with Gasteiger partial charge in [0.1, 0.15) is 4.99 Å². The van der Waals surface area contributed by atoms with E-state index in [1.807, 2.05) is 0 Å². The molecule has 0 saturated carbocycles. The summed E-state index contributed by atoms with van der Waals surface area (Å²) in [5, 5.41) is 2.68. The molecule has 0 aromatic heterocycles. The highest BCUT2D eigenvalue weighted by molar-refractivity contribution is 9.10. The molecule has 0 heterocycles. The highest BCUT2D eigenvalue weighted by atomic mass is 79.9. The molecule has 0 aliphatic rings. The molecule has 1 aromatic carbocycles. The number of thiocarbonyl (C=S) groups is 1. The average molecular weight is 327 g/mol. The molecule has 2 nitrogen and oxygen atoms in total. The van der Waals surface area contributed by atoms with Gasteiger partial charge in [0.25, 0.3) is 0 Å². The second-order valence-electron chi connectivity index (χ2n) is 3.35. The number of hydrogen-bond donors (Lipinski definition) is 2. The summed E-state index contributed by atoms with van der Waals surface area (Å²) in [5.41, 5.74) is 6.67. The van der Waals surface area contributed by atoms with Crippen molar-refractivity contribution in [3.8, 4) is 0 Å². The largest absolute Gasteiger partial charge is 0.390 e. The van der Waals surface area contributed by atoms with Crippen molar-refractivity contribution >= 4 is 38.8 Å². The Morgan fingerprint density at radius 2 is 2.06 bits per heavy atom. The third-order valence-corrected chi connectivity index (χ3v) is 2.87. The van der Waals surface area contributed by atoms with Gasteiger partial charge in [0.2, 0.25) is 0 Å². The van der Waals surface area contributed by atoms with Gasteiger partial charge in [-0.15, -0.1) is 0 Å². The Labute approximate surface area is 111 Å². The third-order valence-electron chi connectivity index (χ3n) is 1.98. The zero-order valence-corrected chi connectivity index (χ0v) is 11.0. The van der Waals surface area contributed by atoms with E-state index in [4.69, 9.17) is 18.0 Å². The van der Waals surface area contributed by atoms with Crippen LogP contribution in [0, 0.1) is 0 Å². The first-order valence-corrected chi connectivity index (χ1v) is 5.90. The van der Waals surface area contributed by atoms with Gasteiger partial charge in [-0.25, -0.2) is 0 Å². The maximum atomic E-state index is 11.9. The lowest BCUT2D eigenvalue weighted by Crippen LogP contribution is -2.15. The summed E-state index contributed by atoms with van der Waals surface area (Å²) in [6, 6.07) is 4.95. The molecule has 1 rings (SSSR count). The summed E-state index contributed by atoms with van der Waals surface area (Å²) in [5.74, 6) is 0. The molecule has 0 aliphatic heterocycles. The monoisotopic (exact) mass is 326 g/mol. The summed E-state index contributed by atoms with van der Waals surface area (Å²) in [6.07, 6.45) is -5.03. The van der Waals surface area contributed by atoms with Crippen LogP contribution >= 0.6 is 28.1 Å². The lowest BCUT2D eigenvalue weighted by atomic mass is 10.2. The molecule has 0 radical (unpaired) electrons. The standard InChI is InChI=1S/C10H10BrF3N2S/c11-7-5-6(9(15)17)1-2-8(7)16-4-3-10(12,13)14/h1-2,5,16H,3-4H2,(H2,15,17). The molecule has 7 heteroatoms. The third kappa shape index (κ3) is 4.91. The van der Waals surface area contributed by atoms with Crippen LogP contribution in [0.3, 0.4) is 0 Å². The van der Waals surface area contributed by atoms with E-state index in [1.54, 1.807) is 18.2 Å². The van der Waals surface area contributed by atoms with Gasteiger partial charge in [-0.1, -0.05) is 12.2 Å². The molecule has 0 aliphatic carbocycles. The van der Waals surface area contributed by atoms with Gasteiger partial charge in [0, 0.05) is 22.3 Å². The fraction of sp³-hybridized carbons (Fsp3) is 0.300. The Kier molecular flexibility index (Phi) is 4.76. The van der Waals surface area contributed by atoms with Crippen molar-refractivity contribution in [1.82, 2.24) is 0 Å². The summed E-state index contributed by atoms with van der Waals surface area (Å²) in [7, 11) is 0. The van der Waals surface area contributed by atoms with Crippen molar-refractivity contribution in [2.24, 2.45) is 5.73 Å². The normalized spacial score (nSPS) is 11.3. The lowest BCUT2D eigenvalue weighted by molar-refractivity contribution is -0.131. The summed E-state index contributed by atoms with van der Waals surface area (Å²) in [4.78, 5) is 0.243. The predicted octanol–water partition coefficient (Wildman–Crippen LogP) is 3.45. The van der Waals surface area contributed by atoms with Crippen molar-refractivity contribution in [3.05, 3.63) is 28.2 Å². The minimum atomic E-state index is -4.15. The molecule has 0 spiro atoms. The maximum Gasteiger partial charge on any atom is 0.390 e. The van der Waals surface area contributed by atoms with E-state index in [2.05, 4.69) is 21.2 Å². The lowest BCUT2D eigenvalue weighted by Gasteiger charge is -2.11. The molecule has 0 fully saturated rings. The first kappa shape index (κ1) is 14.2. The number of alkyl halides is 3. The highest BCUT2D eigenvalue weighted by Gasteiger charge is 2.26. The molecule has 0 bridgehead atoms. The van der Waals surface area contributed by atoms with Crippen LogP contribution in [-0.2, 0) is 0 Å². The smallest absolute Gasteiger partial charge is 0.389 e. The fourth-order valence-electron chi connectivity index (χ4n) is 1.15. The molecule has 94 valence electrons. The zero-order valence-electron chi connectivity index (χ0n) is 8.64. The second-order valence-corrected chi connectivity index (χ2v) is 4.64. The predicted molar refractivity (Wildman–Crippen MR) is 69.2 cm³/mol. The van der Waals surface area contributed by atoms with Crippen molar-refractivity contribution in [2.75, 3.05) is 11.9 Å². The number of halogens is 4. The topological polar surface area (TPSA) is 38.0 Å². The first-order chi connectivity index (χ1) is 7.79. The first-order valence-electron chi connectivity index (χ1n) is 4.69. The van der Waals surface area contributed by atoms with E-state index in [0.717, 1.165) is 0 Å². The van der Waals surface area contributed by atoms with E-state index in [1.165, 1.54) is 0 Å². The van der Waals surface area contributed by atoms with Crippen molar-refractivity contribution in [3.63, 3.8) is 0 Å². The Balaban J connectivity index is 2.64. The number of hydrogen-bond acceptors (Lipinski definition) is 2. The Morgan fingerprint density at radius 3 is 2.53 bits per heavy atom. The number of benzene rings is 1. The quantitative estimate of drug-likeness (QED) is 0.832. The zero-order chi connectivity index (χ0) is 13.1. The molecule has 0 saturated heterocycles. The molecule has 0 atom stereocenters. The SMILES string of the molecule is NC(=S)c1ccc(NCCC(F)(F)F)c(Br)c1. The number of nitrogens with two attached hydrogens (primary N) is 1. The maximum absolute atomic E-state index is 11.9. The van der Waals surface area contributed by atoms with E-state index in [-0.39, 0.29) is 11.5 Å². The Hall–Kier alpha value is -0.820. The van der Waals surface area contributed by atoms with Crippen LogP contribution in [0.2, 0.25) is 0 Å². The number of nitrogens with one attached hydrogen (secondary N) is 1. The molecule has 1 aromatic rings. The van der Waals surface area contributed by atoms with E-state index in [9.17, 15) is 13.2 Å². The van der Waals surface area contributed by atoms with Crippen molar-refractivity contribution in [2.45, 2.75) is 12.6 Å². The van der Waals surface area contributed by atoms with Crippen LogP contribution in [0.25, 0.3) is 0 Å². The second kappa shape index (κ2) is 5.68. The fourth-order valence-corrected chi connectivity index (χ4v) is 1.80. The molecule has 17 heavy (non-hydrogen) atoms. The average Bonchev–Trinajstić information content (AvgIpc) is 2.18. The minimum Gasteiger partial charge on any atom is -0.389 e. The van der Waals surface area contributed by atoms with Crippen molar-refractivity contribution in [1.29, 1.82) is 0 Å². The summed E-state index contributed by atoms with van der Waals surface area (Å²) in [6.45, 7) is -0.172. The number of anilines is 1. The number of rotatable bonds is 4. The van der Waals surface area contributed by atoms with E-state index >= 15 is 0 Å². The van der Waals surface area contributed by atoms with Gasteiger partial charge in [-0.05, 0) is 34.1 Å². The summed E-state index contributed by atoms with van der Waals surface area (Å²) < 4.78 is 36.5. The molecule has 0 unspecified atom stereocenters. The van der Waals surface area contributed by atoms with Crippen LogP contribution < -0.4 is 11.1 Å². The van der Waals surface area contributed by atoms with Crippen LogP contribution in [0.5, 0.6) is 0 Å². The van der Waals surface area contributed by atoms with Gasteiger partial charge < -0.3 is 11.1 Å². The van der Waals surface area contributed by atoms with Gasteiger partial charge in [-0.2, -0.15) is 13.2 Å². The van der Waals surface area contributed by atoms with Crippen LogP contribution in [-0.4, -0.2) is 17.7 Å². The molecule has 0 amide bonds. The van der Waals surface area contributed by atoms with Crippen LogP contribution in [0.4, 0.5) is 18.9 Å². The van der Waals surface area contributed by atoms with Gasteiger partial charge >= 0.3 is 6.18 Å². The Morgan fingerprint density at radius 1 is 1.41 bits per heavy atom. The summed E-state index contributed by atoms with van der Waals surface area (Å²) >= 11 is 8.03. The van der Waals surface area contributed by atoms with Gasteiger partial charge in [0.15, 0.2) is 0 Å². The highest BCUT2D eigenvalue weighted by Crippen LogP contribution is 2.25. The van der Waals surface area contributed by atoms with Crippen molar-refractivity contribution < 1.29 is 13.2 Å². The van der Waals surface area contributed by atoms with Crippen LogP contribution in [0.1, 0.15) is 12.0 Å². The molecule has 3 N–H and O–H groups in total.